The van der Waals surface area contributed by atoms with E-state index in [1.807, 2.05) is 19.1 Å². The van der Waals surface area contributed by atoms with Gasteiger partial charge in [-0.15, -0.1) is 11.3 Å². The fourth-order valence-corrected chi connectivity index (χ4v) is 3.15. The van der Waals surface area contributed by atoms with Crippen molar-refractivity contribution in [1.82, 2.24) is 10.3 Å². The quantitative estimate of drug-likeness (QED) is 0.843. The van der Waals surface area contributed by atoms with Crippen molar-refractivity contribution in [1.29, 1.82) is 0 Å². The minimum absolute atomic E-state index is 0.174. The van der Waals surface area contributed by atoms with Gasteiger partial charge in [0.1, 0.15) is 5.82 Å². The SMILES string of the molecule is CCNCC(Cc1ccc(F)cc1)Cc1nc(C)cs1. The number of hydrogen-bond acceptors (Lipinski definition) is 3. The third-order valence-corrected chi connectivity index (χ3v) is 4.24. The van der Waals surface area contributed by atoms with Gasteiger partial charge < -0.3 is 5.32 Å². The lowest BCUT2D eigenvalue weighted by Crippen LogP contribution is -2.25. The summed E-state index contributed by atoms with van der Waals surface area (Å²) in [6.45, 7) is 6.07. The lowest BCUT2D eigenvalue weighted by atomic mass is 9.96. The fraction of sp³-hybridized carbons (Fsp3) is 0.438. The topological polar surface area (TPSA) is 24.9 Å². The summed E-state index contributed by atoms with van der Waals surface area (Å²) in [5.74, 6) is 0.318. The van der Waals surface area contributed by atoms with E-state index in [2.05, 4.69) is 22.6 Å². The van der Waals surface area contributed by atoms with E-state index >= 15 is 0 Å². The van der Waals surface area contributed by atoms with Crippen molar-refractivity contribution in [2.24, 2.45) is 5.92 Å². The van der Waals surface area contributed by atoms with Gasteiger partial charge in [0.25, 0.3) is 0 Å². The molecule has 2 aromatic rings. The molecule has 20 heavy (non-hydrogen) atoms. The van der Waals surface area contributed by atoms with Gasteiger partial charge in [0.05, 0.1) is 5.01 Å². The number of thiazole rings is 1. The first-order chi connectivity index (χ1) is 9.67. The van der Waals surface area contributed by atoms with E-state index in [1.165, 1.54) is 22.7 Å². The van der Waals surface area contributed by atoms with Crippen LogP contribution < -0.4 is 5.32 Å². The number of hydrogen-bond donors (Lipinski definition) is 1. The Hall–Kier alpha value is -1.26. The number of halogens is 1. The molecule has 0 spiro atoms. The molecule has 2 rings (SSSR count). The van der Waals surface area contributed by atoms with Gasteiger partial charge in [0.2, 0.25) is 0 Å². The Bertz CT molecular complexity index is 522. The molecule has 1 heterocycles. The van der Waals surface area contributed by atoms with Crippen LogP contribution in [0, 0.1) is 18.7 Å². The molecule has 1 N–H and O–H groups in total. The highest BCUT2D eigenvalue weighted by molar-refractivity contribution is 7.09. The average molecular weight is 292 g/mol. The van der Waals surface area contributed by atoms with Crippen LogP contribution in [0.1, 0.15) is 23.2 Å². The molecule has 1 aromatic heterocycles. The molecule has 0 bridgehead atoms. The third kappa shape index (κ3) is 4.69. The molecular weight excluding hydrogens is 271 g/mol. The lowest BCUT2D eigenvalue weighted by molar-refractivity contribution is 0.477. The average Bonchev–Trinajstić information content (AvgIpc) is 2.84. The van der Waals surface area contributed by atoms with E-state index in [0.29, 0.717) is 5.92 Å². The number of aromatic nitrogens is 1. The second-order valence-corrected chi connectivity index (χ2v) is 6.03. The third-order valence-electron chi connectivity index (χ3n) is 3.25. The molecule has 0 aliphatic rings. The van der Waals surface area contributed by atoms with Gasteiger partial charge in [-0.05, 0) is 50.0 Å². The summed E-state index contributed by atoms with van der Waals surface area (Å²) >= 11 is 1.73. The highest BCUT2D eigenvalue weighted by Gasteiger charge is 2.12. The van der Waals surface area contributed by atoms with Gasteiger partial charge in [-0.1, -0.05) is 19.1 Å². The molecule has 1 atom stereocenters. The normalized spacial score (nSPS) is 12.6. The molecule has 108 valence electrons. The Morgan fingerprint density at radius 2 is 2.00 bits per heavy atom. The number of aryl methyl sites for hydroxylation is 1. The predicted molar refractivity (Wildman–Crippen MR) is 82.7 cm³/mol. The molecule has 0 fully saturated rings. The lowest BCUT2D eigenvalue weighted by Gasteiger charge is -2.16. The van der Waals surface area contributed by atoms with E-state index < -0.39 is 0 Å². The smallest absolute Gasteiger partial charge is 0.123 e. The second-order valence-electron chi connectivity index (χ2n) is 5.09. The van der Waals surface area contributed by atoms with Crippen LogP contribution in [-0.2, 0) is 12.8 Å². The van der Waals surface area contributed by atoms with Crippen LogP contribution in [-0.4, -0.2) is 18.1 Å². The summed E-state index contributed by atoms with van der Waals surface area (Å²) < 4.78 is 13.0. The number of benzene rings is 1. The minimum atomic E-state index is -0.174. The summed E-state index contributed by atoms with van der Waals surface area (Å²) in [4.78, 5) is 4.55. The van der Waals surface area contributed by atoms with Crippen molar-refractivity contribution in [3.63, 3.8) is 0 Å². The van der Waals surface area contributed by atoms with Gasteiger partial charge in [0.15, 0.2) is 0 Å². The van der Waals surface area contributed by atoms with E-state index in [0.717, 1.165) is 31.6 Å². The van der Waals surface area contributed by atoms with Gasteiger partial charge in [-0.2, -0.15) is 0 Å². The number of nitrogens with zero attached hydrogens (tertiary/aromatic N) is 1. The van der Waals surface area contributed by atoms with E-state index in [4.69, 9.17) is 0 Å². The van der Waals surface area contributed by atoms with Gasteiger partial charge in [-0.25, -0.2) is 9.37 Å². The molecule has 1 aromatic carbocycles. The van der Waals surface area contributed by atoms with Crippen molar-refractivity contribution in [3.8, 4) is 0 Å². The molecule has 4 heteroatoms. The molecule has 0 saturated heterocycles. The van der Waals surface area contributed by atoms with Gasteiger partial charge >= 0.3 is 0 Å². The Morgan fingerprint density at radius 3 is 2.60 bits per heavy atom. The molecule has 1 unspecified atom stereocenters. The van der Waals surface area contributed by atoms with E-state index in [9.17, 15) is 4.39 Å². The second kappa shape index (κ2) is 7.50. The molecular formula is C16H21FN2S. The van der Waals surface area contributed by atoms with Crippen LogP contribution in [0.5, 0.6) is 0 Å². The number of rotatable bonds is 7. The summed E-state index contributed by atoms with van der Waals surface area (Å²) in [5.41, 5.74) is 2.27. The zero-order valence-corrected chi connectivity index (χ0v) is 12.8. The standard InChI is InChI=1S/C16H21FN2S/c1-3-18-10-14(9-16-19-12(2)11-20-16)8-13-4-6-15(17)7-5-13/h4-7,11,14,18H,3,8-10H2,1-2H3. The Balaban J connectivity index is 2.00. The predicted octanol–water partition coefficient (Wildman–Crippen LogP) is 3.60. The summed E-state index contributed by atoms with van der Waals surface area (Å²) in [6.07, 6.45) is 1.93. The maximum atomic E-state index is 13.0. The summed E-state index contributed by atoms with van der Waals surface area (Å²) in [7, 11) is 0. The summed E-state index contributed by atoms with van der Waals surface area (Å²) in [5, 5.41) is 6.69. The van der Waals surface area contributed by atoms with E-state index in [-0.39, 0.29) is 5.82 Å². The molecule has 0 aliphatic carbocycles. The van der Waals surface area contributed by atoms with Crippen LogP contribution in [0.25, 0.3) is 0 Å². The molecule has 2 nitrogen and oxygen atoms in total. The summed E-state index contributed by atoms with van der Waals surface area (Å²) in [6, 6.07) is 6.82. The minimum Gasteiger partial charge on any atom is -0.317 e. The first-order valence-corrected chi connectivity index (χ1v) is 7.91. The van der Waals surface area contributed by atoms with Crippen LogP contribution in [0.3, 0.4) is 0 Å². The Labute approximate surface area is 124 Å². The zero-order chi connectivity index (χ0) is 14.4. The van der Waals surface area contributed by atoms with E-state index in [1.54, 1.807) is 11.3 Å². The van der Waals surface area contributed by atoms with Crippen molar-refractivity contribution in [2.75, 3.05) is 13.1 Å². The van der Waals surface area contributed by atoms with Gasteiger partial charge in [-0.3, -0.25) is 0 Å². The molecule has 0 aliphatic heterocycles. The van der Waals surface area contributed by atoms with Crippen molar-refractivity contribution >= 4 is 11.3 Å². The molecule has 0 amide bonds. The molecule has 0 saturated carbocycles. The Kier molecular flexibility index (Phi) is 5.68. The van der Waals surface area contributed by atoms with Crippen LogP contribution in [0.2, 0.25) is 0 Å². The highest BCUT2D eigenvalue weighted by atomic mass is 32.1. The number of nitrogens with one attached hydrogen (secondary N) is 1. The van der Waals surface area contributed by atoms with Gasteiger partial charge in [0, 0.05) is 17.5 Å². The van der Waals surface area contributed by atoms with Crippen LogP contribution >= 0.6 is 11.3 Å². The van der Waals surface area contributed by atoms with Crippen molar-refractivity contribution < 1.29 is 4.39 Å². The van der Waals surface area contributed by atoms with Crippen molar-refractivity contribution in [2.45, 2.75) is 26.7 Å². The van der Waals surface area contributed by atoms with Crippen LogP contribution in [0.15, 0.2) is 29.6 Å². The molecule has 0 radical (unpaired) electrons. The maximum absolute atomic E-state index is 13.0. The van der Waals surface area contributed by atoms with Crippen molar-refractivity contribution in [3.05, 3.63) is 51.7 Å². The largest absolute Gasteiger partial charge is 0.317 e. The first kappa shape index (κ1) is 15.1. The maximum Gasteiger partial charge on any atom is 0.123 e. The zero-order valence-electron chi connectivity index (χ0n) is 12.0. The fourth-order valence-electron chi connectivity index (χ4n) is 2.26. The highest BCUT2D eigenvalue weighted by Crippen LogP contribution is 2.18. The first-order valence-electron chi connectivity index (χ1n) is 7.03. The monoisotopic (exact) mass is 292 g/mol. The van der Waals surface area contributed by atoms with Crippen LogP contribution in [0.4, 0.5) is 4.39 Å². The Morgan fingerprint density at radius 1 is 1.25 bits per heavy atom.